The molecule has 2 rings (SSSR count). The number of carbonyl (C=O) groups is 1. The summed E-state index contributed by atoms with van der Waals surface area (Å²) in [4.78, 5) is 12.4. The standard InChI is InChI=1S/C19H25N3O3S.ClH/c1-14(2)22(3)26(24,25)18-10-6-16(7-11-18)13-21-19(23)17-8-4-15(12-20)5-9-17;/h4-11,14H,12-13,20H2,1-3H3,(H,21,23);1H. The van der Waals surface area contributed by atoms with E-state index in [4.69, 9.17) is 5.73 Å². The van der Waals surface area contributed by atoms with Crippen molar-refractivity contribution in [2.45, 2.75) is 37.9 Å². The first kappa shape index (κ1) is 23.1. The number of benzene rings is 2. The van der Waals surface area contributed by atoms with E-state index in [1.54, 1.807) is 43.4 Å². The number of halogens is 1. The van der Waals surface area contributed by atoms with Crippen LogP contribution in [0.3, 0.4) is 0 Å². The summed E-state index contributed by atoms with van der Waals surface area (Å²) >= 11 is 0. The minimum Gasteiger partial charge on any atom is -0.348 e. The summed E-state index contributed by atoms with van der Waals surface area (Å²) in [5.41, 5.74) is 7.88. The molecule has 0 saturated heterocycles. The van der Waals surface area contributed by atoms with Gasteiger partial charge in [0.1, 0.15) is 0 Å². The SMILES string of the molecule is CC(C)N(C)S(=O)(=O)c1ccc(CNC(=O)c2ccc(CN)cc2)cc1.Cl. The van der Waals surface area contributed by atoms with Crippen molar-refractivity contribution >= 4 is 28.3 Å². The van der Waals surface area contributed by atoms with Crippen LogP contribution in [0.15, 0.2) is 53.4 Å². The molecule has 3 N–H and O–H groups in total. The van der Waals surface area contributed by atoms with Crippen molar-refractivity contribution in [1.82, 2.24) is 9.62 Å². The highest BCUT2D eigenvalue weighted by Gasteiger charge is 2.22. The number of sulfonamides is 1. The quantitative estimate of drug-likeness (QED) is 0.732. The van der Waals surface area contributed by atoms with Crippen molar-refractivity contribution in [3.63, 3.8) is 0 Å². The Balaban J connectivity index is 0.00000364. The van der Waals surface area contributed by atoms with Crippen LogP contribution in [0.2, 0.25) is 0 Å². The Labute approximate surface area is 167 Å². The zero-order chi connectivity index (χ0) is 19.3. The highest BCUT2D eigenvalue weighted by atomic mass is 35.5. The zero-order valence-corrected chi connectivity index (χ0v) is 17.3. The topological polar surface area (TPSA) is 92.5 Å². The van der Waals surface area contributed by atoms with Crippen molar-refractivity contribution in [2.75, 3.05) is 7.05 Å². The maximum Gasteiger partial charge on any atom is 0.251 e. The minimum atomic E-state index is -3.50. The van der Waals surface area contributed by atoms with Gasteiger partial charge in [0.15, 0.2) is 0 Å². The third-order valence-corrected chi connectivity index (χ3v) is 6.28. The second kappa shape index (κ2) is 9.85. The lowest BCUT2D eigenvalue weighted by Crippen LogP contribution is -2.33. The second-order valence-electron chi connectivity index (χ2n) is 6.34. The molecular weight excluding hydrogens is 386 g/mol. The molecule has 27 heavy (non-hydrogen) atoms. The molecule has 1 amide bonds. The molecule has 8 heteroatoms. The van der Waals surface area contributed by atoms with Crippen LogP contribution in [0.25, 0.3) is 0 Å². The molecule has 0 aromatic heterocycles. The summed E-state index contributed by atoms with van der Waals surface area (Å²) in [6.07, 6.45) is 0. The van der Waals surface area contributed by atoms with Gasteiger partial charge in [-0.2, -0.15) is 4.31 Å². The van der Waals surface area contributed by atoms with Gasteiger partial charge in [-0.15, -0.1) is 12.4 Å². The lowest BCUT2D eigenvalue weighted by Gasteiger charge is -2.21. The van der Waals surface area contributed by atoms with Crippen LogP contribution in [0.5, 0.6) is 0 Å². The average Bonchev–Trinajstić information content (AvgIpc) is 2.65. The van der Waals surface area contributed by atoms with Gasteiger partial charge in [0.2, 0.25) is 10.0 Å². The van der Waals surface area contributed by atoms with E-state index in [0.29, 0.717) is 18.7 Å². The Morgan fingerprint density at radius 1 is 1.04 bits per heavy atom. The fourth-order valence-corrected chi connectivity index (χ4v) is 3.67. The largest absolute Gasteiger partial charge is 0.348 e. The Morgan fingerprint density at radius 3 is 2.04 bits per heavy atom. The number of nitrogens with zero attached hydrogens (tertiary/aromatic N) is 1. The fraction of sp³-hybridized carbons (Fsp3) is 0.316. The van der Waals surface area contributed by atoms with Crippen LogP contribution in [0.1, 0.15) is 35.3 Å². The van der Waals surface area contributed by atoms with Crippen LogP contribution >= 0.6 is 12.4 Å². The Bertz CT molecular complexity index is 851. The van der Waals surface area contributed by atoms with Gasteiger partial charge in [-0.1, -0.05) is 24.3 Å². The number of nitrogens with one attached hydrogen (secondary N) is 1. The normalized spacial score (nSPS) is 11.3. The highest BCUT2D eigenvalue weighted by molar-refractivity contribution is 7.89. The molecule has 0 bridgehead atoms. The van der Waals surface area contributed by atoms with E-state index in [9.17, 15) is 13.2 Å². The third-order valence-electron chi connectivity index (χ3n) is 4.23. The van der Waals surface area contributed by atoms with Gasteiger partial charge in [-0.25, -0.2) is 8.42 Å². The Kier molecular flexibility index (Phi) is 8.43. The van der Waals surface area contributed by atoms with Gasteiger partial charge in [0, 0.05) is 31.7 Å². The molecule has 0 atom stereocenters. The lowest BCUT2D eigenvalue weighted by atomic mass is 10.1. The molecule has 2 aromatic rings. The van der Waals surface area contributed by atoms with Crippen molar-refractivity contribution in [3.8, 4) is 0 Å². The van der Waals surface area contributed by atoms with Gasteiger partial charge in [0.25, 0.3) is 5.91 Å². The molecule has 0 spiro atoms. The van der Waals surface area contributed by atoms with Crippen LogP contribution in [0, 0.1) is 0 Å². The number of hydrogen-bond donors (Lipinski definition) is 2. The van der Waals surface area contributed by atoms with Crippen molar-refractivity contribution in [2.24, 2.45) is 5.73 Å². The van der Waals surface area contributed by atoms with Gasteiger partial charge < -0.3 is 11.1 Å². The molecular formula is C19H26ClN3O3S. The van der Waals surface area contributed by atoms with E-state index >= 15 is 0 Å². The summed E-state index contributed by atoms with van der Waals surface area (Å²) in [7, 11) is -1.94. The maximum absolute atomic E-state index is 12.4. The molecule has 0 saturated carbocycles. The predicted molar refractivity (Wildman–Crippen MR) is 109 cm³/mol. The van der Waals surface area contributed by atoms with Crippen LogP contribution < -0.4 is 11.1 Å². The molecule has 0 aliphatic carbocycles. The highest BCUT2D eigenvalue weighted by Crippen LogP contribution is 2.17. The van der Waals surface area contributed by atoms with E-state index in [-0.39, 0.29) is 29.3 Å². The second-order valence-corrected chi connectivity index (χ2v) is 8.34. The molecule has 0 unspecified atom stereocenters. The first-order valence-corrected chi connectivity index (χ1v) is 9.84. The fourth-order valence-electron chi connectivity index (χ4n) is 2.30. The number of amides is 1. The number of nitrogens with two attached hydrogens (primary N) is 1. The van der Waals surface area contributed by atoms with Crippen LogP contribution in [0.4, 0.5) is 0 Å². The van der Waals surface area contributed by atoms with Crippen molar-refractivity contribution < 1.29 is 13.2 Å². The van der Waals surface area contributed by atoms with E-state index < -0.39 is 10.0 Å². The summed E-state index contributed by atoms with van der Waals surface area (Å²) in [6, 6.07) is 13.5. The Morgan fingerprint density at radius 2 is 1.56 bits per heavy atom. The van der Waals surface area contributed by atoms with Gasteiger partial charge in [-0.05, 0) is 49.2 Å². The predicted octanol–water partition coefficient (Wildman–Crippen LogP) is 2.53. The number of rotatable bonds is 7. The van der Waals surface area contributed by atoms with Crippen LogP contribution in [-0.4, -0.2) is 31.7 Å². The number of hydrogen-bond acceptors (Lipinski definition) is 4. The smallest absolute Gasteiger partial charge is 0.251 e. The number of carbonyl (C=O) groups excluding carboxylic acids is 1. The summed E-state index contributed by atoms with van der Waals surface area (Å²) in [5.74, 6) is -0.190. The molecule has 0 aliphatic heterocycles. The first-order valence-electron chi connectivity index (χ1n) is 8.40. The molecule has 2 aromatic carbocycles. The molecule has 0 heterocycles. The molecule has 0 fully saturated rings. The molecule has 148 valence electrons. The third kappa shape index (κ3) is 5.77. The van der Waals surface area contributed by atoms with Crippen molar-refractivity contribution in [1.29, 1.82) is 0 Å². The minimum absolute atomic E-state index is 0. The average molecular weight is 412 g/mol. The molecule has 0 radical (unpaired) electrons. The van der Waals surface area contributed by atoms with E-state index in [0.717, 1.165) is 11.1 Å². The zero-order valence-electron chi connectivity index (χ0n) is 15.7. The van der Waals surface area contributed by atoms with E-state index in [1.807, 2.05) is 26.0 Å². The maximum atomic E-state index is 12.4. The van der Waals surface area contributed by atoms with Gasteiger partial charge in [-0.3, -0.25) is 4.79 Å². The van der Waals surface area contributed by atoms with E-state index in [2.05, 4.69) is 5.32 Å². The van der Waals surface area contributed by atoms with Gasteiger partial charge in [0.05, 0.1) is 4.90 Å². The Hall–Kier alpha value is -1.93. The van der Waals surface area contributed by atoms with Gasteiger partial charge >= 0.3 is 0 Å². The summed E-state index contributed by atoms with van der Waals surface area (Å²) in [6.45, 7) is 4.39. The monoisotopic (exact) mass is 411 g/mol. The van der Waals surface area contributed by atoms with Crippen LogP contribution in [-0.2, 0) is 23.1 Å². The van der Waals surface area contributed by atoms with Crippen molar-refractivity contribution in [3.05, 3.63) is 65.2 Å². The summed E-state index contributed by atoms with van der Waals surface area (Å²) < 4.78 is 26.2. The first-order chi connectivity index (χ1) is 12.3. The molecule has 0 aliphatic rings. The molecule has 6 nitrogen and oxygen atoms in total. The van der Waals surface area contributed by atoms with E-state index in [1.165, 1.54) is 4.31 Å². The lowest BCUT2D eigenvalue weighted by molar-refractivity contribution is 0.0951. The summed E-state index contributed by atoms with van der Waals surface area (Å²) in [5, 5.41) is 2.82.